The lowest BCUT2D eigenvalue weighted by Crippen LogP contribution is -2.33. The van der Waals surface area contributed by atoms with Crippen LogP contribution in [0.25, 0.3) is 0 Å². The third kappa shape index (κ3) is 4.38. The van der Waals surface area contributed by atoms with Gasteiger partial charge in [0.1, 0.15) is 5.75 Å². The Balaban J connectivity index is 3.09. The van der Waals surface area contributed by atoms with Gasteiger partial charge in [0.2, 0.25) is 0 Å². The molecule has 0 aliphatic carbocycles. The van der Waals surface area contributed by atoms with E-state index in [1.807, 2.05) is 0 Å². The van der Waals surface area contributed by atoms with Crippen LogP contribution in [0.15, 0.2) is 24.3 Å². The first-order valence-corrected chi connectivity index (χ1v) is 5.50. The van der Waals surface area contributed by atoms with Crippen molar-refractivity contribution in [2.24, 2.45) is 0 Å². The van der Waals surface area contributed by atoms with Gasteiger partial charge >= 0.3 is 6.36 Å². The average molecular weight is 279 g/mol. The van der Waals surface area contributed by atoms with Gasteiger partial charge in [-0.3, -0.25) is 0 Å². The monoisotopic (exact) mass is 279 g/mol. The van der Waals surface area contributed by atoms with Crippen LogP contribution >= 0.6 is 0 Å². The molecule has 0 fully saturated rings. The Morgan fingerprint density at radius 2 is 1.68 bits per heavy atom. The quantitative estimate of drug-likeness (QED) is 0.812. The topological polar surface area (TPSA) is 39.7 Å². The number of halogens is 3. The molecule has 4 nitrogen and oxygen atoms in total. The molecule has 1 atom stereocenters. The molecule has 7 heteroatoms. The van der Waals surface area contributed by atoms with E-state index in [0.29, 0.717) is 5.56 Å². The summed E-state index contributed by atoms with van der Waals surface area (Å²) in [5, 5.41) is 2.85. The van der Waals surface area contributed by atoms with Gasteiger partial charge in [0, 0.05) is 19.8 Å². The highest BCUT2D eigenvalue weighted by atomic mass is 19.4. The van der Waals surface area contributed by atoms with Gasteiger partial charge in [-0.05, 0) is 13.1 Å². The Hall–Kier alpha value is -1.31. The fraction of sp³-hybridized carbons (Fsp3) is 0.500. The summed E-state index contributed by atoms with van der Waals surface area (Å²) >= 11 is 0. The zero-order valence-electron chi connectivity index (χ0n) is 10.8. The van der Waals surface area contributed by atoms with Gasteiger partial charge in [-0.1, -0.05) is 18.2 Å². The maximum absolute atomic E-state index is 12.3. The summed E-state index contributed by atoms with van der Waals surface area (Å²) in [4.78, 5) is 0. The molecule has 1 N–H and O–H groups in total. The molecule has 0 aliphatic heterocycles. The molecule has 0 saturated carbocycles. The summed E-state index contributed by atoms with van der Waals surface area (Å²) in [6.45, 7) is 0. The number of alkyl halides is 3. The summed E-state index contributed by atoms with van der Waals surface area (Å²) in [6.07, 6.45) is -5.48. The largest absolute Gasteiger partial charge is 0.573 e. The maximum atomic E-state index is 12.3. The van der Waals surface area contributed by atoms with Gasteiger partial charge in [0.25, 0.3) is 0 Å². The number of rotatable bonds is 6. The molecule has 0 spiro atoms. The molecule has 0 radical (unpaired) electrons. The first-order valence-electron chi connectivity index (χ1n) is 5.50. The minimum atomic E-state index is -4.75. The standard InChI is InChI=1S/C12H16F3NO3/c1-16-10(11(17-2)18-3)8-6-4-5-7-9(8)19-12(13,14)15/h4-7,10-11,16H,1-3H3. The van der Waals surface area contributed by atoms with Gasteiger partial charge in [-0.2, -0.15) is 0 Å². The molecule has 1 aromatic rings. The van der Waals surface area contributed by atoms with Gasteiger partial charge in [-0.25, -0.2) is 0 Å². The van der Waals surface area contributed by atoms with Crippen LogP contribution in [0.1, 0.15) is 11.6 Å². The minimum absolute atomic E-state index is 0.284. The molecule has 0 amide bonds. The molecule has 0 saturated heterocycles. The molecule has 0 heterocycles. The molecule has 1 rings (SSSR count). The van der Waals surface area contributed by atoms with Crippen LogP contribution < -0.4 is 10.1 Å². The first-order chi connectivity index (χ1) is 8.92. The Bertz CT molecular complexity index is 394. The van der Waals surface area contributed by atoms with Crippen molar-refractivity contribution >= 4 is 0 Å². The van der Waals surface area contributed by atoms with Crippen LogP contribution in [0.5, 0.6) is 5.75 Å². The number of para-hydroxylation sites is 1. The summed E-state index contributed by atoms with van der Waals surface area (Å²) in [5.74, 6) is -0.284. The van der Waals surface area contributed by atoms with Gasteiger partial charge < -0.3 is 19.5 Å². The number of likely N-dealkylation sites (N-methyl/N-ethyl adjacent to an activating group) is 1. The Morgan fingerprint density at radius 3 is 2.16 bits per heavy atom. The van der Waals surface area contributed by atoms with E-state index in [1.165, 1.54) is 32.4 Å². The predicted molar refractivity (Wildman–Crippen MR) is 62.7 cm³/mol. The first kappa shape index (κ1) is 15.7. The number of hydrogen-bond donors (Lipinski definition) is 1. The Labute approximate surface area is 109 Å². The van der Waals surface area contributed by atoms with Crippen LogP contribution in [-0.4, -0.2) is 33.9 Å². The van der Waals surface area contributed by atoms with Crippen LogP contribution in [0.3, 0.4) is 0 Å². The minimum Gasteiger partial charge on any atom is -0.405 e. The lowest BCUT2D eigenvalue weighted by molar-refractivity contribution is -0.275. The van der Waals surface area contributed by atoms with E-state index in [1.54, 1.807) is 13.1 Å². The fourth-order valence-corrected chi connectivity index (χ4v) is 1.76. The summed E-state index contributed by atoms with van der Waals surface area (Å²) < 4.78 is 51.2. The highest BCUT2D eigenvalue weighted by Crippen LogP contribution is 2.32. The third-order valence-corrected chi connectivity index (χ3v) is 2.53. The van der Waals surface area contributed by atoms with E-state index in [2.05, 4.69) is 10.1 Å². The van der Waals surface area contributed by atoms with Crippen molar-refractivity contribution in [3.8, 4) is 5.75 Å². The molecule has 0 aromatic heterocycles. The molecule has 1 aromatic carbocycles. The van der Waals surface area contributed by atoms with E-state index in [0.717, 1.165) is 0 Å². The summed E-state index contributed by atoms with van der Waals surface area (Å²) in [5.41, 5.74) is 0.302. The number of benzene rings is 1. The molecule has 0 bridgehead atoms. The van der Waals surface area contributed by atoms with Crippen LogP contribution in [0.2, 0.25) is 0 Å². The van der Waals surface area contributed by atoms with Crippen LogP contribution in [0.4, 0.5) is 13.2 Å². The van der Waals surface area contributed by atoms with Crippen molar-refractivity contribution in [2.75, 3.05) is 21.3 Å². The smallest absolute Gasteiger partial charge is 0.405 e. The van der Waals surface area contributed by atoms with E-state index in [-0.39, 0.29) is 5.75 Å². The SMILES string of the molecule is CNC(c1ccccc1OC(F)(F)F)C(OC)OC. The van der Waals surface area contributed by atoms with Gasteiger partial charge in [0.05, 0.1) is 6.04 Å². The second-order valence-electron chi connectivity index (χ2n) is 3.69. The lowest BCUT2D eigenvalue weighted by Gasteiger charge is -2.26. The number of ether oxygens (including phenoxy) is 3. The molecular weight excluding hydrogens is 263 g/mol. The number of methoxy groups -OCH3 is 2. The van der Waals surface area contributed by atoms with Crippen LogP contribution in [0, 0.1) is 0 Å². The highest BCUT2D eigenvalue weighted by molar-refractivity contribution is 5.36. The Kier molecular flexibility index (Phi) is 5.59. The second-order valence-corrected chi connectivity index (χ2v) is 3.69. The predicted octanol–water partition coefficient (Wildman–Crippen LogP) is 2.46. The summed E-state index contributed by atoms with van der Waals surface area (Å²) in [7, 11) is 4.41. The van der Waals surface area contributed by atoms with Crippen molar-refractivity contribution in [3.63, 3.8) is 0 Å². The molecule has 1 unspecified atom stereocenters. The molecular formula is C12H16F3NO3. The third-order valence-electron chi connectivity index (χ3n) is 2.53. The van der Waals surface area contributed by atoms with E-state index in [9.17, 15) is 13.2 Å². The van der Waals surface area contributed by atoms with E-state index >= 15 is 0 Å². The van der Waals surface area contributed by atoms with E-state index in [4.69, 9.17) is 9.47 Å². The van der Waals surface area contributed by atoms with Crippen molar-refractivity contribution in [2.45, 2.75) is 18.7 Å². The molecule has 108 valence electrons. The molecule has 19 heavy (non-hydrogen) atoms. The fourth-order valence-electron chi connectivity index (χ4n) is 1.76. The van der Waals surface area contributed by atoms with Crippen molar-refractivity contribution in [1.29, 1.82) is 0 Å². The number of nitrogens with one attached hydrogen (secondary N) is 1. The normalized spacial score (nSPS) is 13.6. The highest BCUT2D eigenvalue weighted by Gasteiger charge is 2.34. The van der Waals surface area contributed by atoms with Gasteiger partial charge in [-0.15, -0.1) is 13.2 Å². The Morgan fingerprint density at radius 1 is 1.11 bits per heavy atom. The van der Waals surface area contributed by atoms with Crippen molar-refractivity contribution in [3.05, 3.63) is 29.8 Å². The maximum Gasteiger partial charge on any atom is 0.573 e. The van der Waals surface area contributed by atoms with Crippen molar-refractivity contribution < 1.29 is 27.4 Å². The van der Waals surface area contributed by atoms with Crippen LogP contribution in [-0.2, 0) is 9.47 Å². The number of hydrogen-bond acceptors (Lipinski definition) is 4. The van der Waals surface area contributed by atoms with E-state index < -0.39 is 18.7 Å². The van der Waals surface area contributed by atoms with Crippen molar-refractivity contribution in [1.82, 2.24) is 5.32 Å². The lowest BCUT2D eigenvalue weighted by atomic mass is 10.1. The zero-order chi connectivity index (χ0) is 14.5. The summed E-state index contributed by atoms with van der Waals surface area (Å²) in [6, 6.07) is 5.26. The van der Waals surface area contributed by atoms with Gasteiger partial charge in [0.15, 0.2) is 6.29 Å². The average Bonchev–Trinajstić information content (AvgIpc) is 2.35. The molecule has 0 aliphatic rings. The second kappa shape index (κ2) is 6.74. The zero-order valence-corrected chi connectivity index (χ0v) is 10.8.